The highest BCUT2D eigenvalue weighted by Crippen LogP contribution is 2.23. The van der Waals surface area contributed by atoms with E-state index in [1.165, 1.54) is 0 Å². The largest absolute Gasteiger partial charge is 0.478 e. The van der Waals surface area contributed by atoms with Crippen LogP contribution in [0.25, 0.3) is 11.1 Å². The number of halogens is 1. The van der Waals surface area contributed by atoms with Gasteiger partial charge in [0.05, 0.1) is 22.6 Å². The zero-order valence-corrected chi connectivity index (χ0v) is 15.9. The lowest BCUT2D eigenvalue weighted by Gasteiger charge is -2.13. The molecule has 3 rings (SSSR count). The molecule has 0 unspecified atom stereocenters. The quantitative estimate of drug-likeness (QED) is 0.386. The van der Waals surface area contributed by atoms with E-state index in [0.29, 0.717) is 24.3 Å². The highest BCUT2D eigenvalue weighted by molar-refractivity contribution is 6.30. The van der Waals surface area contributed by atoms with Crippen molar-refractivity contribution in [2.24, 2.45) is 0 Å². The highest BCUT2D eigenvalue weighted by Gasteiger charge is 2.07. The van der Waals surface area contributed by atoms with Crippen molar-refractivity contribution < 1.29 is 26.0 Å². The zero-order chi connectivity index (χ0) is 27.6. The normalized spacial score (nSPS) is 15.7. The monoisotopic (exact) mass is 418 g/mol. The number of anilines is 1. The van der Waals surface area contributed by atoms with Crippen LogP contribution in [-0.2, 0) is 0 Å². The predicted octanol–water partition coefficient (Wildman–Crippen LogP) is 4.44. The van der Waals surface area contributed by atoms with Crippen molar-refractivity contribution in [2.75, 3.05) is 25.0 Å². The average Bonchev–Trinajstić information content (AvgIpc) is 2.85. The second-order valence-electron chi connectivity index (χ2n) is 6.01. The predicted molar refractivity (Wildman–Crippen MR) is 117 cm³/mol. The van der Waals surface area contributed by atoms with Gasteiger partial charge in [0.2, 0.25) is 0 Å². The molecule has 1 atom stereocenters. The minimum absolute atomic E-state index is 0.0410. The first kappa shape index (κ1) is 12.6. The van der Waals surface area contributed by atoms with Gasteiger partial charge in [0.25, 0.3) is 0 Å². The van der Waals surface area contributed by atoms with Crippen molar-refractivity contribution in [3.8, 4) is 11.1 Å². The van der Waals surface area contributed by atoms with Crippen LogP contribution < -0.4 is 10.6 Å². The summed E-state index contributed by atoms with van der Waals surface area (Å²) in [5.74, 6) is -1.51. The van der Waals surface area contributed by atoms with Gasteiger partial charge >= 0.3 is 5.97 Å². The van der Waals surface area contributed by atoms with Crippen LogP contribution in [-0.4, -0.2) is 35.8 Å². The molecule has 5 nitrogen and oxygen atoms in total. The Hall–Kier alpha value is -2.86. The number of aliphatic hydroxyl groups is 1. The summed E-state index contributed by atoms with van der Waals surface area (Å²) in [6, 6.07) is 2.65. The molecule has 150 valence electrons. The van der Waals surface area contributed by atoms with Crippen LogP contribution in [0.1, 0.15) is 33.0 Å². The molecular formula is C23H23ClN2O3. The Balaban J connectivity index is 1.68. The van der Waals surface area contributed by atoms with E-state index in [0.717, 1.165) is 0 Å². The number of rotatable bonds is 9. The van der Waals surface area contributed by atoms with Gasteiger partial charge in [0.15, 0.2) is 0 Å². The summed E-state index contributed by atoms with van der Waals surface area (Å²) in [5, 5.41) is 25.6. The highest BCUT2D eigenvalue weighted by atomic mass is 35.5. The third-order valence-electron chi connectivity index (χ3n) is 3.91. The molecule has 0 saturated carbocycles. The van der Waals surface area contributed by atoms with E-state index in [-0.39, 0.29) is 28.7 Å². The van der Waals surface area contributed by atoms with E-state index in [2.05, 4.69) is 10.6 Å². The van der Waals surface area contributed by atoms with E-state index in [1.807, 2.05) is 0 Å². The standard InChI is InChI=1S/C23H23ClN2O3/c24-20-8-2-6-18(13-20)22(27)15-25-10-11-26-21-9-3-5-17(14-21)16-4-1-7-19(12-16)23(28)29/h1-9,12-14,22,25-27H,10-11,15H2,(H,28,29)/t22-/m0/s1/i1D,2D,4D,6D,7D,8D,12D,13D. The molecule has 0 aromatic heterocycles. The Kier molecular flexibility index (Phi) is 4.39. The minimum atomic E-state index is -1.51. The molecule has 0 amide bonds. The second-order valence-corrected chi connectivity index (χ2v) is 6.39. The Labute approximate surface area is 186 Å². The fourth-order valence-electron chi connectivity index (χ4n) is 2.52. The minimum Gasteiger partial charge on any atom is -0.478 e. The second kappa shape index (κ2) is 10.1. The first-order chi connectivity index (χ1) is 17.4. The van der Waals surface area contributed by atoms with Crippen LogP contribution in [0.2, 0.25) is 5.02 Å². The van der Waals surface area contributed by atoms with Crippen molar-refractivity contribution in [1.29, 1.82) is 0 Å². The lowest BCUT2D eigenvalue weighted by atomic mass is 10.0. The molecule has 0 aliphatic heterocycles. The van der Waals surface area contributed by atoms with Crippen LogP contribution in [0.5, 0.6) is 0 Å². The van der Waals surface area contributed by atoms with Crippen molar-refractivity contribution in [3.63, 3.8) is 0 Å². The SMILES string of the molecule is [2H]c1c([2H])c(C(=O)O)c([2H])c(-c2cccc(NCCNC[C@H](O)c3c([2H])c([2H])c([2H])c(Cl)c3[2H])c2)c1[2H]. The molecule has 3 aromatic rings. The number of carboxylic acids is 1. The molecule has 3 aromatic carbocycles. The lowest BCUT2D eigenvalue weighted by Crippen LogP contribution is -2.26. The molecule has 0 aliphatic rings. The van der Waals surface area contributed by atoms with E-state index in [4.69, 9.17) is 22.6 Å². The maximum atomic E-state index is 11.5. The number of hydrogen-bond acceptors (Lipinski definition) is 4. The van der Waals surface area contributed by atoms with Gasteiger partial charge in [-0.3, -0.25) is 0 Å². The number of aliphatic hydroxyl groups excluding tert-OH is 1. The third kappa shape index (κ3) is 6.06. The van der Waals surface area contributed by atoms with Crippen LogP contribution in [0.15, 0.2) is 72.6 Å². The van der Waals surface area contributed by atoms with Crippen LogP contribution >= 0.6 is 11.6 Å². The van der Waals surface area contributed by atoms with Gasteiger partial charge in [-0.15, -0.1) is 0 Å². The van der Waals surface area contributed by atoms with Gasteiger partial charge < -0.3 is 20.8 Å². The number of hydrogen-bond donors (Lipinski definition) is 4. The average molecular weight is 419 g/mol. The summed E-state index contributed by atoms with van der Waals surface area (Å²) in [4.78, 5) is 11.5. The van der Waals surface area contributed by atoms with Gasteiger partial charge in [0, 0.05) is 30.3 Å². The smallest absolute Gasteiger partial charge is 0.335 e. The number of carboxylic acid groups (broad SMARTS) is 1. The van der Waals surface area contributed by atoms with Gasteiger partial charge in [-0.05, 0) is 53.0 Å². The molecule has 0 saturated heterocycles. The molecule has 6 heteroatoms. The summed E-state index contributed by atoms with van der Waals surface area (Å²) >= 11 is 5.88. The number of aromatic carboxylic acids is 1. The molecule has 29 heavy (non-hydrogen) atoms. The molecule has 0 radical (unpaired) electrons. The molecule has 0 fully saturated rings. The summed E-state index contributed by atoms with van der Waals surface area (Å²) in [6.45, 7) is 0.645. The third-order valence-corrected chi connectivity index (χ3v) is 4.09. The lowest BCUT2D eigenvalue weighted by molar-refractivity contribution is 0.0697. The molecule has 0 aliphatic carbocycles. The first-order valence-corrected chi connectivity index (χ1v) is 9.08. The molecule has 4 N–H and O–H groups in total. The van der Waals surface area contributed by atoms with E-state index in [9.17, 15) is 15.0 Å². The van der Waals surface area contributed by atoms with E-state index < -0.39 is 59.9 Å². The molecule has 0 heterocycles. The Morgan fingerprint density at radius 2 is 1.93 bits per heavy atom. The van der Waals surface area contributed by atoms with Gasteiger partial charge in [-0.1, -0.05) is 47.9 Å². The van der Waals surface area contributed by atoms with Crippen molar-refractivity contribution >= 4 is 23.3 Å². The molecular weight excluding hydrogens is 388 g/mol. The fourth-order valence-corrected chi connectivity index (χ4v) is 2.67. The van der Waals surface area contributed by atoms with Crippen LogP contribution in [0.4, 0.5) is 5.69 Å². The Bertz CT molecular complexity index is 1340. The number of nitrogens with one attached hydrogen (secondary N) is 2. The summed E-state index contributed by atoms with van der Waals surface area (Å²) in [7, 11) is 0. The summed E-state index contributed by atoms with van der Waals surface area (Å²) < 4.78 is 63.4. The van der Waals surface area contributed by atoms with Gasteiger partial charge in [-0.2, -0.15) is 0 Å². The van der Waals surface area contributed by atoms with E-state index in [1.54, 1.807) is 24.3 Å². The van der Waals surface area contributed by atoms with E-state index >= 15 is 0 Å². The van der Waals surface area contributed by atoms with Crippen LogP contribution in [0.3, 0.4) is 0 Å². The van der Waals surface area contributed by atoms with Crippen LogP contribution in [0, 0.1) is 0 Å². The Morgan fingerprint density at radius 3 is 2.76 bits per heavy atom. The summed E-state index contributed by atoms with van der Waals surface area (Å²) in [5.41, 5.74) is 0.0818. The fraction of sp³-hybridized carbons (Fsp3) is 0.174. The zero-order valence-electron chi connectivity index (χ0n) is 23.2. The topological polar surface area (TPSA) is 81.6 Å². The Morgan fingerprint density at radius 1 is 1.10 bits per heavy atom. The van der Waals surface area contributed by atoms with Crippen molar-refractivity contribution in [3.05, 3.63) is 88.8 Å². The summed E-state index contributed by atoms with van der Waals surface area (Å²) in [6.07, 6.45) is -1.29. The number of carbonyl (C=O) groups is 1. The number of benzene rings is 3. The van der Waals surface area contributed by atoms with Gasteiger partial charge in [0.1, 0.15) is 0 Å². The van der Waals surface area contributed by atoms with Crippen molar-refractivity contribution in [2.45, 2.75) is 6.10 Å². The van der Waals surface area contributed by atoms with Crippen molar-refractivity contribution in [1.82, 2.24) is 5.32 Å². The van der Waals surface area contributed by atoms with Gasteiger partial charge in [-0.25, -0.2) is 4.79 Å². The maximum absolute atomic E-state index is 11.5. The maximum Gasteiger partial charge on any atom is 0.335 e. The first-order valence-electron chi connectivity index (χ1n) is 12.7. The molecule has 0 bridgehead atoms. The molecule has 0 spiro atoms.